The van der Waals surface area contributed by atoms with Gasteiger partial charge in [-0.25, -0.2) is 4.39 Å². The van der Waals surface area contributed by atoms with Gasteiger partial charge in [-0.1, -0.05) is 44.9 Å². The summed E-state index contributed by atoms with van der Waals surface area (Å²) in [6, 6.07) is 7.35. The average molecular weight is 421 g/mol. The van der Waals surface area contributed by atoms with Crippen LogP contribution in [0.1, 0.15) is 57.1 Å². The standard InChI is InChI=1S/C26H33FN4/c1-4-26(22-9-8-10-23(27)18-22)31-16-14-21(17-20(31)2)25(13-15-28-3)30-19-29-24-11-6-5-7-12-24/h8-10,13-18,24,26,29H,2-7,11-12,19H2,1H3/b15-13-,30-25?. The van der Waals surface area contributed by atoms with Gasteiger partial charge in [-0.15, -0.1) is 0 Å². The van der Waals surface area contributed by atoms with E-state index in [1.165, 1.54) is 38.2 Å². The van der Waals surface area contributed by atoms with Crippen molar-refractivity contribution in [2.24, 2.45) is 9.98 Å². The number of halogens is 1. The molecule has 1 aliphatic heterocycles. The number of hydrogen-bond donors (Lipinski definition) is 1. The molecule has 31 heavy (non-hydrogen) atoms. The molecule has 0 spiro atoms. The number of hydrogen-bond acceptors (Lipinski definition) is 4. The SMILES string of the molecule is C=N/C=C\C(=NCNC1CCCCC1)C1=CC(=C)N(C(CC)c2cccc(F)c2)C=C1. The topological polar surface area (TPSA) is 40.0 Å². The predicted molar refractivity (Wildman–Crippen MR) is 129 cm³/mol. The van der Waals surface area contributed by atoms with E-state index < -0.39 is 0 Å². The number of nitrogens with one attached hydrogen (secondary N) is 1. The van der Waals surface area contributed by atoms with Crippen LogP contribution in [0.5, 0.6) is 0 Å². The van der Waals surface area contributed by atoms with Gasteiger partial charge < -0.3 is 4.90 Å². The lowest BCUT2D eigenvalue weighted by molar-refractivity contribution is 0.343. The van der Waals surface area contributed by atoms with Crippen molar-refractivity contribution in [1.82, 2.24) is 10.2 Å². The maximum absolute atomic E-state index is 13.8. The highest BCUT2D eigenvalue weighted by Gasteiger charge is 2.21. The van der Waals surface area contributed by atoms with E-state index in [0.717, 1.165) is 29.0 Å². The van der Waals surface area contributed by atoms with E-state index in [1.807, 2.05) is 30.5 Å². The lowest BCUT2D eigenvalue weighted by atomic mass is 9.96. The van der Waals surface area contributed by atoms with E-state index >= 15 is 0 Å². The monoisotopic (exact) mass is 420 g/mol. The molecule has 4 nitrogen and oxygen atoms in total. The number of rotatable bonds is 9. The summed E-state index contributed by atoms with van der Waals surface area (Å²) in [5.74, 6) is -0.222. The Hall–Kier alpha value is -2.79. The molecule has 1 aromatic rings. The zero-order valence-corrected chi connectivity index (χ0v) is 18.4. The van der Waals surface area contributed by atoms with Crippen LogP contribution in [0.3, 0.4) is 0 Å². The number of allylic oxidation sites excluding steroid dienone is 4. The van der Waals surface area contributed by atoms with Crippen LogP contribution >= 0.6 is 0 Å². The maximum Gasteiger partial charge on any atom is 0.123 e. The van der Waals surface area contributed by atoms with Gasteiger partial charge in [0.25, 0.3) is 0 Å². The third-order valence-corrected chi connectivity index (χ3v) is 5.89. The normalized spacial score (nSPS) is 19.0. The Morgan fingerprint density at radius 3 is 2.81 bits per heavy atom. The second-order valence-corrected chi connectivity index (χ2v) is 8.03. The van der Waals surface area contributed by atoms with E-state index in [4.69, 9.17) is 4.99 Å². The molecule has 0 aromatic heterocycles. The van der Waals surface area contributed by atoms with Crippen LogP contribution < -0.4 is 5.32 Å². The summed E-state index contributed by atoms with van der Waals surface area (Å²) in [6.45, 7) is 10.5. The smallest absolute Gasteiger partial charge is 0.123 e. The first-order valence-corrected chi connectivity index (χ1v) is 11.2. The van der Waals surface area contributed by atoms with Crippen molar-refractivity contribution in [3.05, 3.63) is 84.1 Å². The second-order valence-electron chi connectivity index (χ2n) is 8.03. The van der Waals surface area contributed by atoms with Gasteiger partial charge in [0.2, 0.25) is 0 Å². The Labute approximate surface area is 185 Å². The molecule has 0 radical (unpaired) electrons. The lowest BCUT2D eigenvalue weighted by Crippen LogP contribution is -2.31. The summed E-state index contributed by atoms with van der Waals surface area (Å²) in [5, 5.41) is 3.55. The van der Waals surface area contributed by atoms with Crippen LogP contribution in [0.25, 0.3) is 0 Å². The van der Waals surface area contributed by atoms with Crippen molar-refractivity contribution >= 4 is 12.4 Å². The Morgan fingerprint density at radius 2 is 2.13 bits per heavy atom. The quantitative estimate of drug-likeness (QED) is 0.492. The Balaban J connectivity index is 1.73. The molecule has 1 atom stereocenters. The number of benzene rings is 1. The van der Waals surface area contributed by atoms with Crippen molar-refractivity contribution in [2.75, 3.05) is 6.67 Å². The highest BCUT2D eigenvalue weighted by Crippen LogP contribution is 2.31. The van der Waals surface area contributed by atoms with Crippen molar-refractivity contribution in [3.63, 3.8) is 0 Å². The first-order chi connectivity index (χ1) is 15.1. The molecule has 1 aromatic carbocycles. The fourth-order valence-corrected chi connectivity index (χ4v) is 4.26. The van der Waals surface area contributed by atoms with Crippen molar-refractivity contribution in [2.45, 2.75) is 57.5 Å². The summed E-state index contributed by atoms with van der Waals surface area (Å²) in [6.07, 6.45) is 16.8. The minimum Gasteiger partial charge on any atom is -0.341 e. The molecule has 0 amide bonds. The van der Waals surface area contributed by atoms with Crippen LogP contribution in [0.2, 0.25) is 0 Å². The van der Waals surface area contributed by atoms with Crippen LogP contribution in [-0.2, 0) is 0 Å². The highest BCUT2D eigenvalue weighted by molar-refractivity contribution is 6.10. The van der Waals surface area contributed by atoms with Gasteiger partial charge in [0, 0.05) is 29.7 Å². The molecule has 1 unspecified atom stereocenters. The molecule has 1 heterocycles. The highest BCUT2D eigenvalue weighted by atomic mass is 19.1. The molecule has 1 aliphatic carbocycles. The molecule has 1 fully saturated rings. The summed E-state index contributed by atoms with van der Waals surface area (Å²) >= 11 is 0. The molecule has 3 rings (SSSR count). The third-order valence-electron chi connectivity index (χ3n) is 5.89. The maximum atomic E-state index is 13.8. The van der Waals surface area contributed by atoms with Gasteiger partial charge in [-0.2, -0.15) is 0 Å². The fraction of sp³-hybridized carbons (Fsp3) is 0.385. The van der Waals surface area contributed by atoms with Crippen LogP contribution in [0.4, 0.5) is 4.39 Å². The first-order valence-electron chi connectivity index (χ1n) is 11.2. The molecule has 5 heteroatoms. The van der Waals surface area contributed by atoms with Gasteiger partial charge >= 0.3 is 0 Å². The zero-order chi connectivity index (χ0) is 22.1. The number of aliphatic imine (C=N–C) groups is 2. The van der Waals surface area contributed by atoms with Crippen LogP contribution in [0.15, 0.2) is 82.7 Å². The van der Waals surface area contributed by atoms with Crippen LogP contribution in [-0.4, -0.2) is 30.0 Å². The summed E-state index contributed by atoms with van der Waals surface area (Å²) in [7, 11) is 0. The van der Waals surface area contributed by atoms with Gasteiger partial charge in [-0.05, 0) is 61.9 Å². The zero-order valence-electron chi connectivity index (χ0n) is 18.4. The average Bonchev–Trinajstić information content (AvgIpc) is 2.78. The molecule has 1 saturated carbocycles. The molecular weight excluding hydrogens is 387 g/mol. The van der Waals surface area contributed by atoms with Crippen molar-refractivity contribution < 1.29 is 4.39 Å². The molecule has 0 saturated heterocycles. The second kappa shape index (κ2) is 11.6. The van der Waals surface area contributed by atoms with Crippen LogP contribution in [0, 0.1) is 5.82 Å². The van der Waals surface area contributed by atoms with Gasteiger partial charge in [-0.3, -0.25) is 15.3 Å². The molecule has 2 aliphatic rings. The van der Waals surface area contributed by atoms with Gasteiger partial charge in [0.1, 0.15) is 5.82 Å². The fourth-order valence-electron chi connectivity index (χ4n) is 4.26. The van der Waals surface area contributed by atoms with E-state index in [2.05, 4.69) is 35.4 Å². The summed E-state index contributed by atoms with van der Waals surface area (Å²) < 4.78 is 13.8. The Kier molecular flexibility index (Phi) is 8.53. The minimum absolute atomic E-state index is 0.0241. The molecule has 164 valence electrons. The van der Waals surface area contributed by atoms with Gasteiger partial charge in [0.15, 0.2) is 0 Å². The molecular formula is C26H33FN4. The van der Waals surface area contributed by atoms with E-state index in [0.29, 0.717) is 12.7 Å². The minimum atomic E-state index is -0.222. The van der Waals surface area contributed by atoms with Crippen molar-refractivity contribution in [3.8, 4) is 0 Å². The lowest BCUT2D eigenvalue weighted by Gasteiger charge is -2.33. The first kappa shape index (κ1) is 22.9. The third kappa shape index (κ3) is 6.34. The molecule has 0 bridgehead atoms. The summed E-state index contributed by atoms with van der Waals surface area (Å²) in [4.78, 5) is 10.7. The van der Waals surface area contributed by atoms with E-state index in [-0.39, 0.29) is 11.9 Å². The van der Waals surface area contributed by atoms with Crippen molar-refractivity contribution in [1.29, 1.82) is 0 Å². The van der Waals surface area contributed by atoms with Gasteiger partial charge in [0.05, 0.1) is 18.4 Å². The predicted octanol–water partition coefficient (Wildman–Crippen LogP) is 6.08. The van der Waals surface area contributed by atoms with E-state index in [9.17, 15) is 4.39 Å². The Bertz CT molecular complexity index is 890. The largest absolute Gasteiger partial charge is 0.341 e. The van der Waals surface area contributed by atoms with E-state index in [1.54, 1.807) is 18.3 Å². The Morgan fingerprint density at radius 1 is 1.32 bits per heavy atom. The number of nitrogens with zero attached hydrogens (tertiary/aromatic N) is 3. The molecule has 1 N–H and O–H groups in total. The summed E-state index contributed by atoms with van der Waals surface area (Å²) in [5.41, 5.74) is 3.60.